The molecular weight excluding hydrogens is 434 g/mol. The molecule has 2 aliphatic rings. The quantitative estimate of drug-likeness (QED) is 0.667. The Labute approximate surface area is 188 Å². The molecule has 9 nitrogen and oxygen atoms in total. The second-order valence-corrected chi connectivity index (χ2v) is 8.34. The Hall–Kier alpha value is -3.21. The molecule has 2 saturated heterocycles. The lowest BCUT2D eigenvalue weighted by Gasteiger charge is -2.27. The molecule has 3 heterocycles. The van der Waals surface area contributed by atoms with Gasteiger partial charge in [-0.05, 0) is 41.8 Å². The van der Waals surface area contributed by atoms with Crippen LogP contribution < -0.4 is 10.2 Å². The molecule has 1 aromatic carbocycles. The summed E-state index contributed by atoms with van der Waals surface area (Å²) in [5, 5.41) is 14.5. The number of aliphatic hydroxyl groups is 1. The van der Waals surface area contributed by atoms with Crippen molar-refractivity contribution in [2.24, 2.45) is 0 Å². The van der Waals surface area contributed by atoms with E-state index in [9.17, 15) is 19.5 Å². The predicted molar refractivity (Wildman–Crippen MR) is 119 cm³/mol. The molecule has 2 atom stereocenters. The lowest BCUT2D eigenvalue weighted by Crippen LogP contribution is -2.41. The van der Waals surface area contributed by atoms with Crippen molar-refractivity contribution in [3.63, 3.8) is 0 Å². The van der Waals surface area contributed by atoms with Crippen LogP contribution in [0.1, 0.15) is 11.3 Å². The zero-order chi connectivity index (χ0) is 22.5. The number of hydrogen-bond acceptors (Lipinski definition) is 7. The zero-order valence-electron chi connectivity index (χ0n) is 17.2. The van der Waals surface area contributed by atoms with Crippen LogP contribution in [0.25, 0.3) is 6.08 Å². The van der Waals surface area contributed by atoms with E-state index in [4.69, 9.17) is 9.47 Å². The molecule has 3 amide bonds. The number of nitrogens with zero attached hydrogens (tertiary/aromatic N) is 2. The molecule has 4 rings (SSSR count). The Kier molecular flexibility index (Phi) is 6.84. The van der Waals surface area contributed by atoms with E-state index in [1.54, 1.807) is 35.2 Å². The second kappa shape index (κ2) is 9.94. The van der Waals surface area contributed by atoms with Crippen molar-refractivity contribution < 1.29 is 29.0 Å². The maximum atomic E-state index is 12.5. The lowest BCUT2D eigenvalue weighted by molar-refractivity contribution is -0.132. The fourth-order valence-corrected chi connectivity index (χ4v) is 4.16. The first-order valence-electron chi connectivity index (χ1n) is 10.2. The summed E-state index contributed by atoms with van der Waals surface area (Å²) < 4.78 is 10.5. The number of anilines is 2. The summed E-state index contributed by atoms with van der Waals surface area (Å²) in [5.74, 6) is -0.457. The Morgan fingerprint density at radius 1 is 1.25 bits per heavy atom. The summed E-state index contributed by atoms with van der Waals surface area (Å²) in [6, 6.07) is 10.5. The predicted octanol–water partition coefficient (Wildman–Crippen LogP) is 2.29. The number of morpholine rings is 1. The first-order valence-corrected chi connectivity index (χ1v) is 11.0. The third kappa shape index (κ3) is 5.34. The number of carbonyl (C=O) groups is 3. The van der Waals surface area contributed by atoms with Crippen LogP contribution in [0.15, 0.2) is 47.9 Å². The minimum absolute atomic E-state index is 0.0529. The van der Waals surface area contributed by atoms with Crippen molar-refractivity contribution in [2.45, 2.75) is 18.8 Å². The molecular formula is C22H23N3O6S. The number of thiophene rings is 1. The maximum absolute atomic E-state index is 12.5. The number of amides is 3. The van der Waals surface area contributed by atoms with Crippen molar-refractivity contribution in [3.8, 4) is 0 Å². The summed E-state index contributed by atoms with van der Waals surface area (Å²) in [5.41, 5.74) is 1.19. The summed E-state index contributed by atoms with van der Waals surface area (Å²) in [7, 11) is 0. The number of hydrogen-bond donors (Lipinski definition) is 2. The molecule has 0 bridgehead atoms. The number of nitrogens with one attached hydrogen (secondary N) is 1. The highest BCUT2D eigenvalue weighted by atomic mass is 32.1. The molecule has 10 heteroatoms. The monoisotopic (exact) mass is 457 g/mol. The molecule has 0 aliphatic carbocycles. The second-order valence-electron chi connectivity index (χ2n) is 7.36. The molecule has 2 N–H and O–H groups in total. The Balaban J connectivity index is 1.34. The Bertz CT molecular complexity index is 992. The summed E-state index contributed by atoms with van der Waals surface area (Å²) in [6.45, 7) is 1.09. The summed E-state index contributed by atoms with van der Waals surface area (Å²) >= 11 is 1.50. The average Bonchev–Trinajstić information content (AvgIpc) is 3.42. The van der Waals surface area contributed by atoms with Crippen LogP contribution >= 0.6 is 11.3 Å². The average molecular weight is 458 g/mol. The molecule has 0 radical (unpaired) electrons. The Morgan fingerprint density at radius 3 is 2.78 bits per heavy atom. The van der Waals surface area contributed by atoms with E-state index in [1.807, 2.05) is 17.5 Å². The number of aliphatic hydroxyl groups excluding tert-OH is 1. The van der Waals surface area contributed by atoms with Crippen LogP contribution in [-0.4, -0.2) is 66.5 Å². The Morgan fingerprint density at radius 2 is 2.06 bits per heavy atom. The topological polar surface area (TPSA) is 108 Å². The van der Waals surface area contributed by atoms with Gasteiger partial charge in [0.2, 0.25) is 5.91 Å². The smallest absolute Gasteiger partial charge is 0.413 e. The SMILES string of the molecule is O=C(Nc1ccc(N2CCOCC2=O)cc1)O[C@@H]1C[C@@H](O)CN1C(=O)C=Cc1cccs1. The van der Waals surface area contributed by atoms with Crippen LogP contribution in [0.4, 0.5) is 16.2 Å². The largest absolute Gasteiger partial charge is 0.425 e. The van der Waals surface area contributed by atoms with Gasteiger partial charge in [-0.2, -0.15) is 0 Å². The zero-order valence-corrected chi connectivity index (χ0v) is 18.0. The van der Waals surface area contributed by atoms with Gasteiger partial charge < -0.3 is 24.4 Å². The maximum Gasteiger partial charge on any atom is 0.413 e. The van der Waals surface area contributed by atoms with Crippen LogP contribution in [0.3, 0.4) is 0 Å². The van der Waals surface area contributed by atoms with Crippen molar-refractivity contribution in [1.82, 2.24) is 4.90 Å². The minimum Gasteiger partial charge on any atom is -0.425 e. The van der Waals surface area contributed by atoms with Gasteiger partial charge in [-0.25, -0.2) is 4.79 Å². The third-order valence-corrected chi connectivity index (χ3v) is 5.94. The van der Waals surface area contributed by atoms with E-state index in [2.05, 4.69) is 5.32 Å². The molecule has 32 heavy (non-hydrogen) atoms. The molecule has 2 fully saturated rings. The molecule has 2 aliphatic heterocycles. The normalized spacial score (nSPS) is 21.2. The van der Waals surface area contributed by atoms with Crippen molar-refractivity contribution in [3.05, 3.63) is 52.7 Å². The number of likely N-dealkylation sites (tertiary alicyclic amines) is 1. The van der Waals surface area contributed by atoms with Gasteiger partial charge in [-0.1, -0.05) is 6.07 Å². The van der Waals surface area contributed by atoms with E-state index < -0.39 is 18.4 Å². The van der Waals surface area contributed by atoms with Gasteiger partial charge >= 0.3 is 6.09 Å². The minimum atomic E-state index is -0.865. The number of ether oxygens (including phenoxy) is 2. The van der Waals surface area contributed by atoms with E-state index in [0.717, 1.165) is 4.88 Å². The highest BCUT2D eigenvalue weighted by Gasteiger charge is 2.36. The van der Waals surface area contributed by atoms with Gasteiger partial charge in [-0.3, -0.25) is 14.9 Å². The van der Waals surface area contributed by atoms with Gasteiger partial charge in [-0.15, -0.1) is 11.3 Å². The number of benzene rings is 1. The van der Waals surface area contributed by atoms with E-state index >= 15 is 0 Å². The van der Waals surface area contributed by atoms with Gasteiger partial charge in [0, 0.05) is 35.3 Å². The van der Waals surface area contributed by atoms with E-state index in [-0.39, 0.29) is 31.4 Å². The molecule has 2 aromatic rings. The first-order chi connectivity index (χ1) is 15.5. The molecule has 0 unspecified atom stereocenters. The fourth-order valence-electron chi connectivity index (χ4n) is 3.54. The van der Waals surface area contributed by atoms with Gasteiger partial charge in [0.25, 0.3) is 5.91 Å². The van der Waals surface area contributed by atoms with Gasteiger partial charge in [0.1, 0.15) is 6.61 Å². The van der Waals surface area contributed by atoms with Crippen LogP contribution in [0.5, 0.6) is 0 Å². The molecule has 168 valence electrons. The van der Waals surface area contributed by atoms with E-state index in [1.165, 1.54) is 22.3 Å². The van der Waals surface area contributed by atoms with Crippen molar-refractivity contribution in [2.75, 3.05) is 36.5 Å². The first kappa shape index (κ1) is 22.0. The standard InChI is InChI=1S/C22H23N3O6S/c26-17-12-21(25(13-17)19(27)8-7-18-2-1-11-32-18)31-22(29)23-15-3-5-16(6-4-15)24-9-10-30-14-20(24)28/h1-8,11,17,21,26H,9-10,12-14H2,(H,23,29)/t17-,21-/m1/s1. The highest BCUT2D eigenvalue weighted by molar-refractivity contribution is 7.10. The third-order valence-electron chi connectivity index (χ3n) is 5.10. The molecule has 0 saturated carbocycles. The van der Waals surface area contributed by atoms with Crippen molar-refractivity contribution in [1.29, 1.82) is 0 Å². The number of rotatable bonds is 5. The molecule has 0 spiro atoms. The lowest BCUT2D eigenvalue weighted by atomic mass is 10.2. The van der Waals surface area contributed by atoms with Crippen LogP contribution in [0.2, 0.25) is 0 Å². The fraction of sp³-hybridized carbons (Fsp3) is 0.318. The van der Waals surface area contributed by atoms with E-state index in [0.29, 0.717) is 24.5 Å². The number of β-amino-alcohol motifs (C(OH)–C–C–N with tert-alkyl or cyclic N) is 1. The molecule has 1 aromatic heterocycles. The number of carbonyl (C=O) groups excluding carboxylic acids is 3. The van der Waals surface area contributed by atoms with Crippen LogP contribution in [-0.2, 0) is 19.1 Å². The summed E-state index contributed by atoms with van der Waals surface area (Å²) in [6.07, 6.45) is 0.871. The van der Waals surface area contributed by atoms with Gasteiger partial charge in [0.15, 0.2) is 6.23 Å². The van der Waals surface area contributed by atoms with Crippen LogP contribution in [0, 0.1) is 0 Å². The van der Waals surface area contributed by atoms with Crippen molar-refractivity contribution >= 4 is 46.7 Å². The highest BCUT2D eigenvalue weighted by Crippen LogP contribution is 2.23. The summed E-state index contributed by atoms with van der Waals surface area (Å²) in [4.78, 5) is 40.7. The van der Waals surface area contributed by atoms with Gasteiger partial charge in [0.05, 0.1) is 19.3 Å².